The molecule has 2 aromatic carbocycles. The minimum absolute atomic E-state index is 0.140. The molecule has 2 nitrogen and oxygen atoms in total. The highest BCUT2D eigenvalue weighted by molar-refractivity contribution is 5.33. The van der Waals surface area contributed by atoms with Crippen LogP contribution in [0.1, 0.15) is 83.3 Å². The molecule has 2 heteroatoms. The predicted octanol–water partition coefficient (Wildman–Crippen LogP) is 7.16. The molecule has 2 aromatic rings. The van der Waals surface area contributed by atoms with Crippen molar-refractivity contribution in [1.29, 1.82) is 0 Å². The van der Waals surface area contributed by atoms with Gasteiger partial charge in [-0.25, -0.2) is 0 Å². The Hall–Kier alpha value is -1.96. The lowest BCUT2D eigenvalue weighted by atomic mass is 9.61. The van der Waals surface area contributed by atoms with Crippen LogP contribution in [0.3, 0.4) is 0 Å². The number of phenols is 2. The Labute approximate surface area is 170 Å². The molecule has 28 heavy (non-hydrogen) atoms. The molecule has 0 aliphatic heterocycles. The number of phenolic OH excluding ortho intramolecular Hbond substituents is 2. The van der Waals surface area contributed by atoms with Gasteiger partial charge in [-0.05, 0) is 96.6 Å². The Morgan fingerprint density at radius 3 is 1.71 bits per heavy atom. The zero-order chi connectivity index (χ0) is 20.4. The minimum atomic E-state index is 0.140. The standard InChI is InChI=1S/C26H36O2/c1-25(2,3)17-18-26(4,22-11-15-24(28)16-12-22)21-9-5-19(6-10-21)20-7-13-23(27)14-8-20/h7-8,11-16,19,21,27-28H,5-6,9-10,17-18H2,1-4H3. The van der Waals surface area contributed by atoms with Gasteiger partial charge >= 0.3 is 0 Å². The first-order chi connectivity index (χ1) is 13.2. The lowest BCUT2D eigenvalue weighted by Crippen LogP contribution is -2.35. The van der Waals surface area contributed by atoms with Gasteiger partial charge in [-0.15, -0.1) is 0 Å². The Morgan fingerprint density at radius 2 is 1.21 bits per heavy atom. The van der Waals surface area contributed by atoms with E-state index in [0.717, 1.165) is 0 Å². The second-order valence-corrected chi connectivity index (χ2v) is 10.2. The summed E-state index contributed by atoms with van der Waals surface area (Å²) in [7, 11) is 0. The first-order valence-corrected chi connectivity index (χ1v) is 10.8. The van der Waals surface area contributed by atoms with Gasteiger partial charge in [-0.1, -0.05) is 52.0 Å². The highest BCUT2D eigenvalue weighted by Gasteiger charge is 2.38. The van der Waals surface area contributed by atoms with Crippen molar-refractivity contribution in [3.8, 4) is 11.5 Å². The molecule has 0 spiro atoms. The molecule has 1 unspecified atom stereocenters. The van der Waals surface area contributed by atoms with Crippen LogP contribution >= 0.6 is 0 Å². The van der Waals surface area contributed by atoms with Gasteiger partial charge in [0, 0.05) is 0 Å². The monoisotopic (exact) mass is 380 g/mol. The third kappa shape index (κ3) is 4.90. The first kappa shape index (κ1) is 20.8. The summed E-state index contributed by atoms with van der Waals surface area (Å²) in [5.41, 5.74) is 3.18. The molecule has 0 amide bonds. The van der Waals surface area contributed by atoms with Gasteiger partial charge in [0.15, 0.2) is 0 Å². The van der Waals surface area contributed by atoms with Crippen molar-refractivity contribution in [3.05, 3.63) is 59.7 Å². The van der Waals surface area contributed by atoms with Crippen LogP contribution in [-0.4, -0.2) is 10.2 Å². The highest BCUT2D eigenvalue weighted by atomic mass is 16.3. The van der Waals surface area contributed by atoms with E-state index in [9.17, 15) is 10.2 Å². The van der Waals surface area contributed by atoms with E-state index in [1.165, 1.54) is 49.7 Å². The third-order valence-corrected chi connectivity index (χ3v) is 6.91. The minimum Gasteiger partial charge on any atom is -0.508 e. The Kier molecular flexibility index (Phi) is 6.07. The Bertz CT molecular complexity index is 747. The van der Waals surface area contributed by atoms with Crippen molar-refractivity contribution < 1.29 is 10.2 Å². The van der Waals surface area contributed by atoms with E-state index in [4.69, 9.17) is 0 Å². The van der Waals surface area contributed by atoms with Gasteiger partial charge in [0.25, 0.3) is 0 Å². The fourth-order valence-corrected chi connectivity index (χ4v) is 4.87. The van der Waals surface area contributed by atoms with E-state index in [1.807, 2.05) is 24.3 Å². The maximum atomic E-state index is 9.75. The summed E-state index contributed by atoms with van der Waals surface area (Å²) in [6.45, 7) is 9.42. The lowest BCUT2D eigenvalue weighted by Gasteiger charge is -2.43. The van der Waals surface area contributed by atoms with Gasteiger partial charge in [0.05, 0.1) is 0 Å². The summed E-state index contributed by atoms with van der Waals surface area (Å²) in [6, 6.07) is 15.7. The van der Waals surface area contributed by atoms with Crippen molar-refractivity contribution in [2.75, 3.05) is 0 Å². The van der Waals surface area contributed by atoms with E-state index < -0.39 is 0 Å². The molecule has 0 aromatic heterocycles. The van der Waals surface area contributed by atoms with E-state index in [2.05, 4.69) is 52.0 Å². The van der Waals surface area contributed by atoms with Crippen LogP contribution in [0.4, 0.5) is 0 Å². The summed E-state index contributed by atoms with van der Waals surface area (Å²) < 4.78 is 0. The molecule has 1 saturated carbocycles. The summed E-state index contributed by atoms with van der Waals surface area (Å²) in [5.74, 6) is 1.95. The second-order valence-electron chi connectivity index (χ2n) is 10.2. The normalized spacial score (nSPS) is 22.6. The van der Waals surface area contributed by atoms with Crippen LogP contribution in [0.2, 0.25) is 0 Å². The van der Waals surface area contributed by atoms with E-state index in [1.54, 1.807) is 0 Å². The maximum Gasteiger partial charge on any atom is 0.115 e. The molecule has 152 valence electrons. The highest BCUT2D eigenvalue weighted by Crippen LogP contribution is 2.48. The van der Waals surface area contributed by atoms with Crippen LogP contribution in [0.5, 0.6) is 11.5 Å². The van der Waals surface area contributed by atoms with Gasteiger partial charge in [-0.3, -0.25) is 0 Å². The molecule has 3 rings (SSSR count). The van der Waals surface area contributed by atoms with Crippen molar-refractivity contribution in [2.45, 2.75) is 77.6 Å². The summed E-state index contributed by atoms with van der Waals surface area (Å²) in [5, 5.41) is 19.3. The SMILES string of the molecule is CC(C)(C)CCC(C)(c1ccc(O)cc1)C1CCC(c2ccc(O)cc2)CC1. The molecule has 1 aliphatic rings. The average molecular weight is 381 g/mol. The smallest absolute Gasteiger partial charge is 0.115 e. The van der Waals surface area contributed by atoms with Crippen molar-refractivity contribution >= 4 is 0 Å². The third-order valence-electron chi connectivity index (χ3n) is 6.91. The van der Waals surface area contributed by atoms with Crippen molar-refractivity contribution in [2.24, 2.45) is 11.3 Å². The van der Waals surface area contributed by atoms with Crippen LogP contribution in [-0.2, 0) is 5.41 Å². The summed E-state index contributed by atoms with van der Waals surface area (Å²) >= 11 is 0. The van der Waals surface area contributed by atoms with Gasteiger partial charge in [-0.2, -0.15) is 0 Å². The number of rotatable bonds is 5. The maximum absolute atomic E-state index is 9.75. The van der Waals surface area contributed by atoms with Crippen LogP contribution in [0.25, 0.3) is 0 Å². The fourth-order valence-electron chi connectivity index (χ4n) is 4.87. The average Bonchev–Trinajstić information content (AvgIpc) is 2.67. The molecule has 1 fully saturated rings. The fraction of sp³-hybridized carbons (Fsp3) is 0.538. The largest absolute Gasteiger partial charge is 0.508 e. The summed E-state index contributed by atoms with van der Waals surface area (Å²) in [4.78, 5) is 0. The number of hydrogen-bond acceptors (Lipinski definition) is 2. The quantitative estimate of drug-likeness (QED) is 0.578. The second kappa shape index (κ2) is 8.19. The molecule has 0 bridgehead atoms. The number of hydrogen-bond donors (Lipinski definition) is 2. The zero-order valence-electron chi connectivity index (χ0n) is 17.9. The molecule has 0 radical (unpaired) electrons. The van der Waals surface area contributed by atoms with Gasteiger partial charge < -0.3 is 10.2 Å². The number of benzene rings is 2. The van der Waals surface area contributed by atoms with E-state index in [0.29, 0.717) is 28.7 Å². The molecular weight excluding hydrogens is 344 g/mol. The molecule has 0 heterocycles. The van der Waals surface area contributed by atoms with Crippen LogP contribution in [0.15, 0.2) is 48.5 Å². The topological polar surface area (TPSA) is 40.5 Å². The molecule has 0 saturated heterocycles. The first-order valence-electron chi connectivity index (χ1n) is 10.8. The van der Waals surface area contributed by atoms with E-state index >= 15 is 0 Å². The molecular formula is C26H36O2. The molecule has 1 aliphatic carbocycles. The van der Waals surface area contributed by atoms with Crippen LogP contribution in [0, 0.1) is 11.3 Å². The zero-order valence-corrected chi connectivity index (χ0v) is 17.9. The van der Waals surface area contributed by atoms with Crippen molar-refractivity contribution in [1.82, 2.24) is 0 Å². The van der Waals surface area contributed by atoms with Crippen molar-refractivity contribution in [3.63, 3.8) is 0 Å². The molecule has 1 atom stereocenters. The van der Waals surface area contributed by atoms with Gasteiger partial charge in [0.2, 0.25) is 0 Å². The predicted molar refractivity (Wildman–Crippen MR) is 117 cm³/mol. The molecule has 2 N–H and O–H groups in total. The Balaban J connectivity index is 1.77. The van der Waals surface area contributed by atoms with Crippen LogP contribution < -0.4 is 0 Å². The number of aromatic hydroxyl groups is 2. The van der Waals surface area contributed by atoms with Gasteiger partial charge in [0.1, 0.15) is 11.5 Å². The van der Waals surface area contributed by atoms with E-state index in [-0.39, 0.29) is 5.41 Å². The lowest BCUT2D eigenvalue weighted by molar-refractivity contribution is 0.173. The summed E-state index contributed by atoms with van der Waals surface area (Å²) in [6.07, 6.45) is 7.25. The Morgan fingerprint density at radius 1 is 0.714 bits per heavy atom.